The topological polar surface area (TPSA) is 15.3 Å². The first-order valence-electron chi connectivity index (χ1n) is 7.92. The van der Waals surface area contributed by atoms with Gasteiger partial charge in [-0.2, -0.15) is 0 Å². The summed E-state index contributed by atoms with van der Waals surface area (Å²) in [7, 11) is 0. The summed E-state index contributed by atoms with van der Waals surface area (Å²) in [5.74, 6) is 0.894. The van der Waals surface area contributed by atoms with Gasteiger partial charge in [-0.1, -0.05) is 37.6 Å². The van der Waals surface area contributed by atoms with Gasteiger partial charge in [0.15, 0.2) is 0 Å². The standard InChI is InChI=1S/C17H26N2/c1-2-14-6-8-16(9-7-14)17(15-4-3-5-15)19-12-10-18-11-13-19/h6-9,15,17-18H,2-5,10-13H2,1H3/t17-/m0/s1. The maximum absolute atomic E-state index is 3.47. The number of rotatable bonds is 4. The molecule has 0 bridgehead atoms. The molecule has 19 heavy (non-hydrogen) atoms. The van der Waals surface area contributed by atoms with Crippen LogP contribution in [-0.4, -0.2) is 31.1 Å². The van der Waals surface area contributed by atoms with Crippen LogP contribution in [0.2, 0.25) is 0 Å². The molecule has 1 N–H and O–H groups in total. The van der Waals surface area contributed by atoms with E-state index in [9.17, 15) is 0 Å². The molecule has 104 valence electrons. The normalized spacial score (nSPS) is 23.0. The quantitative estimate of drug-likeness (QED) is 0.893. The highest BCUT2D eigenvalue weighted by atomic mass is 15.2. The first kappa shape index (κ1) is 13.1. The fourth-order valence-corrected chi connectivity index (χ4v) is 3.45. The van der Waals surface area contributed by atoms with E-state index in [1.165, 1.54) is 37.9 Å². The third-order valence-electron chi connectivity index (χ3n) is 4.87. The summed E-state index contributed by atoms with van der Waals surface area (Å²) in [5, 5.41) is 3.47. The molecule has 2 aliphatic rings. The lowest BCUT2D eigenvalue weighted by atomic mass is 9.76. The predicted octanol–water partition coefficient (Wildman–Crippen LogP) is 3.00. The summed E-state index contributed by atoms with van der Waals surface area (Å²) >= 11 is 0. The number of aryl methyl sites for hydroxylation is 1. The van der Waals surface area contributed by atoms with Crippen LogP contribution in [0, 0.1) is 5.92 Å². The van der Waals surface area contributed by atoms with E-state index < -0.39 is 0 Å². The number of hydrogen-bond donors (Lipinski definition) is 1. The number of piperazine rings is 1. The lowest BCUT2D eigenvalue weighted by Crippen LogP contribution is -2.47. The lowest BCUT2D eigenvalue weighted by Gasteiger charge is -2.43. The summed E-state index contributed by atoms with van der Waals surface area (Å²) in [5.41, 5.74) is 3.00. The number of nitrogens with one attached hydrogen (secondary N) is 1. The zero-order valence-corrected chi connectivity index (χ0v) is 12.1. The molecule has 0 amide bonds. The van der Waals surface area contributed by atoms with Gasteiger partial charge in [-0.15, -0.1) is 0 Å². The molecular formula is C17H26N2. The van der Waals surface area contributed by atoms with Crippen molar-refractivity contribution in [2.75, 3.05) is 26.2 Å². The van der Waals surface area contributed by atoms with E-state index in [2.05, 4.69) is 41.4 Å². The smallest absolute Gasteiger partial charge is 0.0377 e. The average molecular weight is 258 g/mol. The van der Waals surface area contributed by atoms with Crippen LogP contribution in [0.15, 0.2) is 24.3 Å². The van der Waals surface area contributed by atoms with Crippen LogP contribution in [0.25, 0.3) is 0 Å². The van der Waals surface area contributed by atoms with Crippen LogP contribution in [0.4, 0.5) is 0 Å². The molecule has 1 saturated carbocycles. The second-order valence-electron chi connectivity index (χ2n) is 6.02. The summed E-state index contributed by atoms with van der Waals surface area (Å²) in [6.07, 6.45) is 5.41. The fraction of sp³-hybridized carbons (Fsp3) is 0.647. The van der Waals surface area contributed by atoms with Crippen LogP contribution in [0.3, 0.4) is 0 Å². The van der Waals surface area contributed by atoms with Crippen molar-refractivity contribution in [1.82, 2.24) is 10.2 Å². The Labute approximate surface area is 117 Å². The molecule has 2 nitrogen and oxygen atoms in total. The van der Waals surface area contributed by atoms with Crippen molar-refractivity contribution in [2.24, 2.45) is 5.92 Å². The second kappa shape index (κ2) is 6.06. The molecule has 2 fully saturated rings. The Balaban J connectivity index is 1.80. The third-order valence-corrected chi connectivity index (χ3v) is 4.87. The molecular weight excluding hydrogens is 232 g/mol. The molecule has 1 aliphatic carbocycles. The van der Waals surface area contributed by atoms with Gasteiger partial charge in [0.25, 0.3) is 0 Å². The molecule has 2 heteroatoms. The SMILES string of the molecule is CCc1ccc([C@H](C2CCC2)N2CCNCC2)cc1. The maximum Gasteiger partial charge on any atom is 0.0377 e. The van der Waals surface area contributed by atoms with E-state index in [0.29, 0.717) is 6.04 Å². The van der Waals surface area contributed by atoms with Gasteiger partial charge in [0.05, 0.1) is 0 Å². The highest BCUT2D eigenvalue weighted by molar-refractivity contribution is 5.26. The number of benzene rings is 1. The van der Waals surface area contributed by atoms with Gasteiger partial charge >= 0.3 is 0 Å². The van der Waals surface area contributed by atoms with Gasteiger partial charge in [-0.05, 0) is 36.3 Å². The molecule has 0 unspecified atom stereocenters. The molecule has 0 spiro atoms. The molecule has 0 aromatic heterocycles. The minimum Gasteiger partial charge on any atom is -0.314 e. The molecule has 1 saturated heterocycles. The minimum absolute atomic E-state index is 0.668. The Morgan fingerprint density at radius 1 is 1.16 bits per heavy atom. The van der Waals surface area contributed by atoms with E-state index in [4.69, 9.17) is 0 Å². The third kappa shape index (κ3) is 2.85. The van der Waals surface area contributed by atoms with Gasteiger partial charge in [0, 0.05) is 32.2 Å². The molecule has 1 aromatic rings. The lowest BCUT2D eigenvalue weighted by molar-refractivity contribution is 0.0837. The van der Waals surface area contributed by atoms with Crippen LogP contribution >= 0.6 is 0 Å². The molecule has 1 heterocycles. The van der Waals surface area contributed by atoms with Gasteiger partial charge < -0.3 is 5.32 Å². The first-order chi connectivity index (χ1) is 9.38. The molecule has 3 rings (SSSR count). The second-order valence-corrected chi connectivity index (χ2v) is 6.02. The Kier molecular flexibility index (Phi) is 4.19. The number of nitrogens with zero attached hydrogens (tertiary/aromatic N) is 1. The van der Waals surface area contributed by atoms with Crippen LogP contribution in [0.1, 0.15) is 43.4 Å². The van der Waals surface area contributed by atoms with E-state index in [1.807, 2.05) is 0 Å². The average Bonchev–Trinajstić information content (AvgIpc) is 2.44. The molecule has 1 aromatic carbocycles. The summed E-state index contributed by atoms with van der Waals surface area (Å²) in [6, 6.07) is 10.1. The van der Waals surface area contributed by atoms with E-state index >= 15 is 0 Å². The van der Waals surface area contributed by atoms with Crippen molar-refractivity contribution in [3.8, 4) is 0 Å². The Morgan fingerprint density at radius 3 is 2.37 bits per heavy atom. The van der Waals surface area contributed by atoms with E-state index in [0.717, 1.165) is 25.4 Å². The maximum atomic E-state index is 3.47. The zero-order chi connectivity index (χ0) is 13.1. The molecule has 0 radical (unpaired) electrons. The highest BCUT2D eigenvalue weighted by Crippen LogP contribution is 2.41. The van der Waals surface area contributed by atoms with Crippen molar-refractivity contribution in [2.45, 2.75) is 38.6 Å². The monoisotopic (exact) mass is 258 g/mol. The largest absolute Gasteiger partial charge is 0.314 e. The molecule has 1 atom stereocenters. The summed E-state index contributed by atoms with van der Waals surface area (Å²) < 4.78 is 0. The summed E-state index contributed by atoms with van der Waals surface area (Å²) in [4.78, 5) is 2.71. The van der Waals surface area contributed by atoms with Crippen molar-refractivity contribution >= 4 is 0 Å². The first-order valence-corrected chi connectivity index (χ1v) is 7.92. The van der Waals surface area contributed by atoms with Crippen molar-refractivity contribution < 1.29 is 0 Å². The van der Waals surface area contributed by atoms with E-state index in [1.54, 1.807) is 5.56 Å². The fourth-order valence-electron chi connectivity index (χ4n) is 3.45. The Hall–Kier alpha value is -0.860. The Morgan fingerprint density at radius 2 is 1.84 bits per heavy atom. The number of hydrogen-bond acceptors (Lipinski definition) is 2. The highest BCUT2D eigenvalue weighted by Gasteiger charge is 2.33. The Bertz CT molecular complexity index is 388. The van der Waals surface area contributed by atoms with Gasteiger partial charge in [-0.3, -0.25) is 4.90 Å². The van der Waals surface area contributed by atoms with Crippen molar-refractivity contribution in [1.29, 1.82) is 0 Å². The van der Waals surface area contributed by atoms with Gasteiger partial charge in [-0.25, -0.2) is 0 Å². The van der Waals surface area contributed by atoms with Crippen molar-refractivity contribution in [3.05, 3.63) is 35.4 Å². The zero-order valence-electron chi connectivity index (χ0n) is 12.1. The van der Waals surface area contributed by atoms with Crippen LogP contribution in [0.5, 0.6) is 0 Å². The predicted molar refractivity (Wildman–Crippen MR) is 80.3 cm³/mol. The summed E-state index contributed by atoms with van der Waals surface area (Å²) in [6.45, 7) is 6.94. The van der Waals surface area contributed by atoms with Crippen molar-refractivity contribution in [3.63, 3.8) is 0 Å². The van der Waals surface area contributed by atoms with Gasteiger partial charge in [0.1, 0.15) is 0 Å². The van der Waals surface area contributed by atoms with Gasteiger partial charge in [0.2, 0.25) is 0 Å². The van der Waals surface area contributed by atoms with Crippen LogP contribution < -0.4 is 5.32 Å². The van der Waals surface area contributed by atoms with E-state index in [-0.39, 0.29) is 0 Å². The molecule has 1 aliphatic heterocycles. The van der Waals surface area contributed by atoms with Crippen LogP contribution in [-0.2, 0) is 6.42 Å². The minimum atomic E-state index is 0.668.